The predicted octanol–water partition coefficient (Wildman–Crippen LogP) is 2.19. The molecular formula is C13H17N3O. The molecule has 1 N–H and O–H groups in total. The van der Waals surface area contributed by atoms with Crippen molar-refractivity contribution in [3.05, 3.63) is 30.1 Å². The Morgan fingerprint density at radius 1 is 1.59 bits per heavy atom. The molecule has 2 heterocycles. The lowest BCUT2D eigenvalue weighted by Gasteiger charge is -2.35. The van der Waals surface area contributed by atoms with Gasteiger partial charge in [-0.05, 0) is 26.8 Å². The number of hydrogen-bond acceptors (Lipinski definition) is 3. The SMILES string of the molecule is CC(C)=CCN1c2cnccc2NC(=O)C1C. The summed E-state index contributed by atoms with van der Waals surface area (Å²) in [6.07, 6.45) is 5.60. The molecule has 17 heavy (non-hydrogen) atoms. The highest BCUT2D eigenvalue weighted by atomic mass is 16.2. The van der Waals surface area contributed by atoms with E-state index in [1.54, 1.807) is 12.4 Å². The highest BCUT2D eigenvalue weighted by molar-refractivity contribution is 6.03. The molecule has 0 saturated carbocycles. The van der Waals surface area contributed by atoms with Crippen molar-refractivity contribution in [3.8, 4) is 0 Å². The quantitative estimate of drug-likeness (QED) is 0.794. The van der Waals surface area contributed by atoms with Gasteiger partial charge in [-0.2, -0.15) is 0 Å². The van der Waals surface area contributed by atoms with Crippen LogP contribution in [0.5, 0.6) is 0 Å². The molecule has 1 unspecified atom stereocenters. The van der Waals surface area contributed by atoms with Crippen LogP contribution in [0.15, 0.2) is 30.1 Å². The summed E-state index contributed by atoms with van der Waals surface area (Å²) in [4.78, 5) is 18.0. The summed E-state index contributed by atoms with van der Waals surface area (Å²) in [5, 5.41) is 2.89. The first-order valence-electron chi connectivity index (χ1n) is 5.74. The Kier molecular flexibility index (Phi) is 3.13. The second-order valence-electron chi connectivity index (χ2n) is 4.49. The maximum atomic E-state index is 11.8. The number of aromatic nitrogens is 1. The molecule has 0 saturated heterocycles. The van der Waals surface area contributed by atoms with E-state index < -0.39 is 0 Å². The molecule has 1 amide bonds. The molecular weight excluding hydrogens is 214 g/mol. The van der Waals surface area contributed by atoms with Gasteiger partial charge < -0.3 is 10.2 Å². The Bertz CT molecular complexity index is 463. The molecule has 2 rings (SSSR count). The van der Waals surface area contributed by atoms with Crippen molar-refractivity contribution in [1.82, 2.24) is 4.98 Å². The van der Waals surface area contributed by atoms with Crippen LogP contribution in [0.25, 0.3) is 0 Å². The van der Waals surface area contributed by atoms with Crippen molar-refractivity contribution in [2.24, 2.45) is 0 Å². The molecule has 0 aliphatic carbocycles. The van der Waals surface area contributed by atoms with Crippen LogP contribution in [0.4, 0.5) is 11.4 Å². The van der Waals surface area contributed by atoms with Gasteiger partial charge in [0.1, 0.15) is 6.04 Å². The van der Waals surface area contributed by atoms with E-state index in [-0.39, 0.29) is 11.9 Å². The number of anilines is 2. The van der Waals surface area contributed by atoms with Gasteiger partial charge in [0.15, 0.2) is 0 Å². The number of pyridine rings is 1. The number of hydrogen-bond donors (Lipinski definition) is 1. The zero-order valence-electron chi connectivity index (χ0n) is 10.4. The lowest BCUT2D eigenvalue weighted by atomic mass is 10.1. The van der Waals surface area contributed by atoms with Gasteiger partial charge in [0, 0.05) is 12.7 Å². The van der Waals surface area contributed by atoms with Crippen molar-refractivity contribution in [1.29, 1.82) is 0 Å². The Morgan fingerprint density at radius 3 is 3.06 bits per heavy atom. The molecule has 1 aromatic heterocycles. The Balaban J connectivity index is 2.35. The normalized spacial score (nSPS) is 18.4. The van der Waals surface area contributed by atoms with Crippen LogP contribution in [0.3, 0.4) is 0 Å². The number of allylic oxidation sites excluding steroid dienone is 1. The third kappa shape index (κ3) is 2.30. The molecule has 4 nitrogen and oxygen atoms in total. The first-order chi connectivity index (χ1) is 8.09. The smallest absolute Gasteiger partial charge is 0.246 e. The van der Waals surface area contributed by atoms with E-state index in [1.165, 1.54) is 5.57 Å². The second-order valence-corrected chi connectivity index (χ2v) is 4.49. The summed E-state index contributed by atoms with van der Waals surface area (Å²) >= 11 is 0. The fourth-order valence-electron chi connectivity index (χ4n) is 1.85. The molecule has 4 heteroatoms. The number of carbonyl (C=O) groups excluding carboxylic acids is 1. The minimum absolute atomic E-state index is 0.0332. The molecule has 1 aliphatic heterocycles. The average molecular weight is 231 g/mol. The number of rotatable bonds is 2. The summed E-state index contributed by atoms with van der Waals surface area (Å²) in [7, 11) is 0. The first kappa shape index (κ1) is 11.6. The minimum atomic E-state index is -0.165. The van der Waals surface area contributed by atoms with Crippen LogP contribution in [-0.2, 0) is 4.79 Å². The Morgan fingerprint density at radius 2 is 2.35 bits per heavy atom. The van der Waals surface area contributed by atoms with Gasteiger partial charge >= 0.3 is 0 Å². The van der Waals surface area contributed by atoms with Crippen LogP contribution < -0.4 is 10.2 Å². The molecule has 90 valence electrons. The lowest BCUT2D eigenvalue weighted by molar-refractivity contribution is -0.117. The average Bonchev–Trinajstić information content (AvgIpc) is 2.29. The van der Waals surface area contributed by atoms with Crippen LogP contribution in [0, 0.1) is 0 Å². The van der Waals surface area contributed by atoms with E-state index in [0.717, 1.165) is 17.9 Å². The summed E-state index contributed by atoms with van der Waals surface area (Å²) < 4.78 is 0. The number of fused-ring (bicyclic) bond motifs is 1. The second kappa shape index (κ2) is 4.57. The van der Waals surface area contributed by atoms with Gasteiger partial charge in [-0.15, -0.1) is 0 Å². The van der Waals surface area contributed by atoms with Gasteiger partial charge in [-0.3, -0.25) is 9.78 Å². The monoisotopic (exact) mass is 231 g/mol. The molecule has 0 fully saturated rings. The van der Waals surface area contributed by atoms with E-state index in [4.69, 9.17) is 0 Å². The molecule has 0 radical (unpaired) electrons. The van der Waals surface area contributed by atoms with Crippen molar-refractivity contribution in [2.75, 3.05) is 16.8 Å². The number of carbonyl (C=O) groups is 1. The van der Waals surface area contributed by atoms with Crippen LogP contribution >= 0.6 is 0 Å². The molecule has 0 spiro atoms. The third-order valence-electron chi connectivity index (χ3n) is 2.91. The highest BCUT2D eigenvalue weighted by Crippen LogP contribution is 2.30. The van der Waals surface area contributed by atoms with E-state index in [0.29, 0.717) is 0 Å². The summed E-state index contributed by atoms with van der Waals surface area (Å²) in [6, 6.07) is 1.66. The van der Waals surface area contributed by atoms with Gasteiger partial charge in [0.2, 0.25) is 5.91 Å². The van der Waals surface area contributed by atoms with E-state index >= 15 is 0 Å². The third-order valence-corrected chi connectivity index (χ3v) is 2.91. The van der Waals surface area contributed by atoms with Crippen LogP contribution in [0.2, 0.25) is 0 Å². The van der Waals surface area contributed by atoms with Crippen LogP contribution in [0.1, 0.15) is 20.8 Å². The Labute approximate surface area is 101 Å². The molecule has 0 bridgehead atoms. The summed E-state index contributed by atoms with van der Waals surface area (Å²) in [6.45, 7) is 6.75. The number of nitrogens with one attached hydrogen (secondary N) is 1. The molecule has 1 aromatic rings. The standard InChI is InChI=1S/C13H17N3O/c1-9(2)5-7-16-10(3)13(17)15-11-4-6-14-8-12(11)16/h4-6,8,10H,7H2,1-3H3,(H,15,17). The zero-order chi connectivity index (χ0) is 12.4. The van der Waals surface area contributed by atoms with E-state index in [1.807, 2.05) is 13.0 Å². The highest BCUT2D eigenvalue weighted by Gasteiger charge is 2.28. The van der Waals surface area contributed by atoms with Crippen LogP contribution in [-0.4, -0.2) is 23.5 Å². The van der Waals surface area contributed by atoms with Gasteiger partial charge in [-0.1, -0.05) is 11.6 Å². The van der Waals surface area contributed by atoms with E-state index in [9.17, 15) is 4.79 Å². The number of nitrogens with zero attached hydrogens (tertiary/aromatic N) is 2. The Hall–Kier alpha value is -1.84. The van der Waals surface area contributed by atoms with Gasteiger partial charge in [0.05, 0.1) is 17.6 Å². The maximum Gasteiger partial charge on any atom is 0.246 e. The summed E-state index contributed by atoms with van der Waals surface area (Å²) in [5.74, 6) is 0.0332. The zero-order valence-corrected chi connectivity index (χ0v) is 10.4. The molecule has 1 atom stereocenters. The molecule has 0 aromatic carbocycles. The topological polar surface area (TPSA) is 45.2 Å². The van der Waals surface area contributed by atoms with Crippen molar-refractivity contribution < 1.29 is 4.79 Å². The maximum absolute atomic E-state index is 11.8. The van der Waals surface area contributed by atoms with Gasteiger partial charge in [0.25, 0.3) is 0 Å². The predicted molar refractivity (Wildman–Crippen MR) is 69.1 cm³/mol. The van der Waals surface area contributed by atoms with E-state index in [2.05, 4.69) is 35.1 Å². The lowest BCUT2D eigenvalue weighted by Crippen LogP contribution is -2.46. The van der Waals surface area contributed by atoms with Crippen molar-refractivity contribution in [3.63, 3.8) is 0 Å². The fourth-order valence-corrected chi connectivity index (χ4v) is 1.85. The largest absolute Gasteiger partial charge is 0.353 e. The van der Waals surface area contributed by atoms with Gasteiger partial charge in [-0.25, -0.2) is 0 Å². The van der Waals surface area contributed by atoms with Crippen molar-refractivity contribution in [2.45, 2.75) is 26.8 Å². The minimum Gasteiger partial charge on any atom is -0.353 e. The first-order valence-corrected chi connectivity index (χ1v) is 5.74. The summed E-state index contributed by atoms with van der Waals surface area (Å²) in [5.41, 5.74) is 3.07. The number of amides is 1. The fraction of sp³-hybridized carbons (Fsp3) is 0.385. The molecule has 1 aliphatic rings. The van der Waals surface area contributed by atoms with Crippen molar-refractivity contribution >= 4 is 17.3 Å².